The van der Waals surface area contributed by atoms with Crippen molar-refractivity contribution in [2.24, 2.45) is 13.0 Å². The molecule has 1 aliphatic rings. The van der Waals surface area contributed by atoms with Crippen molar-refractivity contribution in [3.63, 3.8) is 0 Å². The van der Waals surface area contributed by atoms with Gasteiger partial charge in [-0.25, -0.2) is 4.79 Å². The lowest BCUT2D eigenvalue weighted by molar-refractivity contribution is 0.340. The molecule has 0 fully saturated rings. The third kappa shape index (κ3) is 4.24. The normalized spacial score (nSPS) is 15.4. The van der Waals surface area contributed by atoms with Crippen LogP contribution in [0.3, 0.4) is 0 Å². The zero-order valence-corrected chi connectivity index (χ0v) is 20.5. The van der Waals surface area contributed by atoms with E-state index in [0.29, 0.717) is 49.1 Å². The topological polar surface area (TPSA) is 74.3 Å². The van der Waals surface area contributed by atoms with Crippen molar-refractivity contribution in [3.05, 3.63) is 81.0 Å². The maximum atomic E-state index is 13.6. The van der Waals surface area contributed by atoms with Gasteiger partial charge in [0, 0.05) is 32.4 Å². The Morgan fingerprint density at radius 3 is 2.49 bits per heavy atom. The van der Waals surface area contributed by atoms with Gasteiger partial charge < -0.3 is 14.2 Å². The molecular formula is C27H31N5O3. The minimum atomic E-state index is -0.327. The van der Waals surface area contributed by atoms with Gasteiger partial charge in [0.25, 0.3) is 5.56 Å². The number of aryl methyl sites for hydroxylation is 2. The first kappa shape index (κ1) is 23.0. The average Bonchev–Trinajstić information content (AvgIpc) is 3.25. The van der Waals surface area contributed by atoms with Crippen molar-refractivity contribution in [1.82, 2.24) is 18.7 Å². The highest BCUT2D eigenvalue weighted by Gasteiger charge is 2.29. The number of fused-ring (bicyclic) bond motifs is 3. The molecule has 0 saturated heterocycles. The molecule has 0 amide bonds. The Bertz CT molecular complexity index is 1450. The molecule has 35 heavy (non-hydrogen) atoms. The Morgan fingerprint density at radius 2 is 1.77 bits per heavy atom. The van der Waals surface area contributed by atoms with E-state index in [1.54, 1.807) is 7.05 Å². The number of rotatable bonds is 7. The van der Waals surface area contributed by atoms with E-state index in [4.69, 9.17) is 9.72 Å². The van der Waals surface area contributed by atoms with Crippen molar-refractivity contribution in [2.45, 2.75) is 39.8 Å². The lowest BCUT2D eigenvalue weighted by atomic mass is 10.1. The number of hydrogen-bond acceptors (Lipinski definition) is 5. The summed E-state index contributed by atoms with van der Waals surface area (Å²) in [6.45, 7) is 6.56. The number of benzene rings is 2. The average molecular weight is 474 g/mol. The summed E-state index contributed by atoms with van der Waals surface area (Å²) in [4.78, 5) is 33.6. The third-order valence-electron chi connectivity index (χ3n) is 6.59. The first-order valence-electron chi connectivity index (χ1n) is 12.2. The number of aromatic nitrogens is 4. The zero-order valence-electron chi connectivity index (χ0n) is 20.5. The van der Waals surface area contributed by atoms with Crippen LogP contribution in [0.5, 0.6) is 5.75 Å². The molecule has 1 aliphatic heterocycles. The highest BCUT2D eigenvalue weighted by atomic mass is 16.5. The molecule has 1 atom stereocenters. The van der Waals surface area contributed by atoms with Crippen molar-refractivity contribution < 1.29 is 4.74 Å². The highest BCUT2D eigenvalue weighted by Crippen LogP contribution is 2.33. The van der Waals surface area contributed by atoms with E-state index in [1.807, 2.05) is 54.0 Å². The molecule has 8 heteroatoms. The highest BCUT2D eigenvalue weighted by molar-refractivity contribution is 5.77. The van der Waals surface area contributed by atoms with E-state index in [2.05, 4.69) is 24.0 Å². The molecule has 0 radical (unpaired) electrons. The molecule has 0 bridgehead atoms. The van der Waals surface area contributed by atoms with Crippen LogP contribution >= 0.6 is 0 Å². The summed E-state index contributed by atoms with van der Waals surface area (Å²) in [6.07, 6.45) is 1.52. The standard InChI is InChI=1S/C27H31N5O3/c1-4-35-22-14-12-21(13-15-22)31-17-19(2)18-32-23-24(28-26(31)32)29(3)27(34)30(25(23)33)16-8-11-20-9-6-5-7-10-20/h5-7,9-10,12-15,19H,4,8,11,16-18H2,1-3H3. The summed E-state index contributed by atoms with van der Waals surface area (Å²) in [6, 6.07) is 18.0. The van der Waals surface area contributed by atoms with E-state index < -0.39 is 0 Å². The van der Waals surface area contributed by atoms with E-state index in [1.165, 1.54) is 14.7 Å². The number of anilines is 2. The molecule has 5 rings (SSSR count). The summed E-state index contributed by atoms with van der Waals surface area (Å²) >= 11 is 0. The lowest BCUT2D eigenvalue weighted by Gasteiger charge is -2.33. The van der Waals surface area contributed by atoms with Crippen molar-refractivity contribution in [3.8, 4) is 5.75 Å². The molecule has 0 saturated carbocycles. The first-order valence-corrected chi connectivity index (χ1v) is 12.2. The van der Waals surface area contributed by atoms with Gasteiger partial charge in [0.2, 0.25) is 5.95 Å². The summed E-state index contributed by atoms with van der Waals surface area (Å²) in [5.74, 6) is 1.81. The molecule has 3 heterocycles. The number of nitrogens with zero attached hydrogens (tertiary/aromatic N) is 5. The van der Waals surface area contributed by atoms with Gasteiger partial charge in [-0.15, -0.1) is 0 Å². The quantitative estimate of drug-likeness (QED) is 0.409. The second-order valence-corrected chi connectivity index (χ2v) is 9.22. The van der Waals surface area contributed by atoms with Crippen LogP contribution in [0, 0.1) is 5.92 Å². The summed E-state index contributed by atoms with van der Waals surface area (Å²) < 4.78 is 10.4. The number of imidazole rings is 1. The van der Waals surface area contributed by atoms with Crippen molar-refractivity contribution in [1.29, 1.82) is 0 Å². The van der Waals surface area contributed by atoms with E-state index in [0.717, 1.165) is 24.4 Å². The molecule has 8 nitrogen and oxygen atoms in total. The number of hydrogen-bond donors (Lipinski definition) is 0. The summed E-state index contributed by atoms with van der Waals surface area (Å²) in [5.41, 5.74) is 2.50. The van der Waals surface area contributed by atoms with Crippen LogP contribution in [0.25, 0.3) is 11.2 Å². The minimum absolute atomic E-state index is 0.268. The van der Waals surface area contributed by atoms with Gasteiger partial charge in [0.05, 0.1) is 6.61 Å². The fourth-order valence-corrected chi connectivity index (χ4v) is 4.89. The van der Waals surface area contributed by atoms with Gasteiger partial charge in [-0.3, -0.25) is 13.9 Å². The first-order chi connectivity index (χ1) is 17.0. The van der Waals surface area contributed by atoms with E-state index >= 15 is 0 Å². The fraction of sp³-hybridized carbons (Fsp3) is 0.370. The van der Waals surface area contributed by atoms with Crippen LogP contribution in [-0.4, -0.2) is 31.8 Å². The molecule has 2 aromatic heterocycles. The second-order valence-electron chi connectivity index (χ2n) is 9.22. The molecule has 0 aliphatic carbocycles. The SMILES string of the molecule is CCOc1ccc(N2CC(C)Cn3c2nc2c3c(=O)n(CCCc3ccccc3)c(=O)n2C)cc1. The third-order valence-corrected chi connectivity index (χ3v) is 6.59. The Morgan fingerprint density at radius 1 is 1.03 bits per heavy atom. The predicted molar refractivity (Wildman–Crippen MR) is 138 cm³/mol. The molecule has 0 spiro atoms. The van der Waals surface area contributed by atoms with Crippen LogP contribution in [0.1, 0.15) is 25.8 Å². The second kappa shape index (κ2) is 9.44. The van der Waals surface area contributed by atoms with Gasteiger partial charge in [0.15, 0.2) is 11.2 Å². The smallest absolute Gasteiger partial charge is 0.332 e. The summed E-state index contributed by atoms with van der Waals surface area (Å²) in [5, 5.41) is 0. The Kier molecular flexibility index (Phi) is 6.19. The fourth-order valence-electron chi connectivity index (χ4n) is 4.89. The Hall–Kier alpha value is -3.81. The Labute approximate surface area is 204 Å². The van der Waals surface area contributed by atoms with E-state index in [9.17, 15) is 9.59 Å². The maximum Gasteiger partial charge on any atom is 0.332 e. The van der Waals surface area contributed by atoms with Gasteiger partial charge in [-0.1, -0.05) is 37.3 Å². The van der Waals surface area contributed by atoms with Gasteiger partial charge >= 0.3 is 5.69 Å². The van der Waals surface area contributed by atoms with Crippen LogP contribution in [0.2, 0.25) is 0 Å². The molecular weight excluding hydrogens is 442 g/mol. The molecule has 2 aromatic carbocycles. The van der Waals surface area contributed by atoms with Crippen LogP contribution in [0.4, 0.5) is 11.6 Å². The largest absolute Gasteiger partial charge is 0.494 e. The van der Waals surface area contributed by atoms with Gasteiger partial charge in [-0.05, 0) is 55.5 Å². The van der Waals surface area contributed by atoms with Crippen LogP contribution in [-0.2, 0) is 26.6 Å². The zero-order chi connectivity index (χ0) is 24.5. The van der Waals surface area contributed by atoms with Crippen LogP contribution < -0.4 is 20.9 Å². The van der Waals surface area contributed by atoms with E-state index in [-0.39, 0.29) is 11.2 Å². The minimum Gasteiger partial charge on any atom is -0.494 e. The van der Waals surface area contributed by atoms with Gasteiger partial charge in [-0.2, -0.15) is 4.98 Å². The molecule has 182 valence electrons. The summed E-state index contributed by atoms with van der Waals surface area (Å²) in [7, 11) is 1.70. The number of ether oxygens (including phenoxy) is 1. The molecule has 0 N–H and O–H groups in total. The van der Waals surface area contributed by atoms with Crippen LogP contribution in [0.15, 0.2) is 64.2 Å². The van der Waals surface area contributed by atoms with Gasteiger partial charge in [0.1, 0.15) is 5.75 Å². The molecule has 4 aromatic rings. The van der Waals surface area contributed by atoms with Crippen molar-refractivity contribution in [2.75, 3.05) is 18.1 Å². The molecule has 1 unspecified atom stereocenters. The Balaban J connectivity index is 1.54. The van der Waals surface area contributed by atoms with Crippen molar-refractivity contribution >= 4 is 22.8 Å². The monoisotopic (exact) mass is 473 g/mol. The lowest BCUT2D eigenvalue weighted by Crippen LogP contribution is -2.40. The maximum absolute atomic E-state index is 13.6. The predicted octanol–water partition coefficient (Wildman–Crippen LogP) is 3.72.